The van der Waals surface area contributed by atoms with Crippen molar-refractivity contribution in [2.24, 2.45) is 17.0 Å². The first-order valence-corrected chi connectivity index (χ1v) is 10.7. The Kier molecular flexibility index (Phi) is 6.35. The van der Waals surface area contributed by atoms with Crippen molar-refractivity contribution in [2.45, 2.75) is 44.9 Å². The molecule has 4 rings (SSSR count). The number of aromatic amines is 1. The van der Waals surface area contributed by atoms with E-state index in [-0.39, 0.29) is 18.1 Å². The Morgan fingerprint density at radius 2 is 2.07 bits per heavy atom. The zero-order chi connectivity index (χ0) is 21.1. The monoisotopic (exact) mass is 426 g/mol. The predicted molar refractivity (Wildman–Crippen MR) is 117 cm³/mol. The van der Waals surface area contributed by atoms with Crippen molar-refractivity contribution in [1.82, 2.24) is 9.97 Å². The van der Waals surface area contributed by atoms with Gasteiger partial charge in [-0.25, -0.2) is 10.5 Å². The van der Waals surface area contributed by atoms with Gasteiger partial charge in [-0.15, -0.1) is 0 Å². The van der Waals surface area contributed by atoms with Crippen molar-refractivity contribution in [1.29, 1.82) is 5.53 Å². The number of rotatable bonds is 8. The zero-order valence-electron chi connectivity index (χ0n) is 17.3. The molecule has 6 nitrogen and oxygen atoms in total. The first-order chi connectivity index (χ1) is 14.6. The molecule has 2 aromatic heterocycles. The number of fused-ring (bicyclic) bond motifs is 1. The number of nitrogens with one attached hydrogen (secondary N) is 2. The molecule has 1 aliphatic rings. The van der Waals surface area contributed by atoms with E-state index in [1.54, 1.807) is 13.3 Å². The summed E-state index contributed by atoms with van der Waals surface area (Å²) in [5.41, 5.74) is 10.8. The summed E-state index contributed by atoms with van der Waals surface area (Å²) in [5.74, 6) is 1.49. The molecule has 0 amide bonds. The SMILES string of the molecule is CCC1CC(OCc2ccc(OC)cc2)CC1C(N=N)c1c(Cl)cnc2[nH]ccc12. The number of pyridine rings is 1. The van der Waals surface area contributed by atoms with Crippen LogP contribution in [0.3, 0.4) is 0 Å². The molecule has 7 heteroatoms. The second-order valence-corrected chi connectivity index (χ2v) is 8.33. The van der Waals surface area contributed by atoms with E-state index in [2.05, 4.69) is 22.0 Å². The van der Waals surface area contributed by atoms with E-state index in [1.807, 2.05) is 36.5 Å². The van der Waals surface area contributed by atoms with Gasteiger partial charge in [0.1, 0.15) is 17.4 Å². The Morgan fingerprint density at radius 1 is 1.27 bits per heavy atom. The summed E-state index contributed by atoms with van der Waals surface area (Å²) in [7, 11) is 1.67. The Morgan fingerprint density at radius 3 is 2.77 bits per heavy atom. The summed E-state index contributed by atoms with van der Waals surface area (Å²) in [5, 5.41) is 5.57. The van der Waals surface area contributed by atoms with Gasteiger partial charge in [-0.05, 0) is 48.4 Å². The normalized spacial score (nSPS) is 22.3. The molecule has 0 spiro atoms. The molecule has 0 radical (unpaired) electrons. The van der Waals surface area contributed by atoms with Gasteiger partial charge in [0.15, 0.2) is 0 Å². The maximum atomic E-state index is 7.98. The fourth-order valence-corrected chi connectivity index (χ4v) is 4.97. The van der Waals surface area contributed by atoms with Crippen LogP contribution in [-0.4, -0.2) is 23.2 Å². The highest BCUT2D eigenvalue weighted by Crippen LogP contribution is 2.47. The van der Waals surface area contributed by atoms with Gasteiger partial charge in [0.2, 0.25) is 0 Å². The summed E-state index contributed by atoms with van der Waals surface area (Å²) in [6.45, 7) is 2.77. The van der Waals surface area contributed by atoms with Gasteiger partial charge in [0.05, 0.1) is 24.8 Å². The van der Waals surface area contributed by atoms with Gasteiger partial charge in [-0.2, -0.15) is 5.11 Å². The molecular formula is C23H27ClN4O2. The minimum Gasteiger partial charge on any atom is -0.497 e. The second kappa shape index (κ2) is 9.14. The summed E-state index contributed by atoms with van der Waals surface area (Å²) in [6.07, 6.45) is 6.52. The molecule has 1 saturated carbocycles. The van der Waals surface area contributed by atoms with Crippen LogP contribution in [0.25, 0.3) is 11.0 Å². The van der Waals surface area contributed by atoms with Crippen LogP contribution in [-0.2, 0) is 11.3 Å². The Balaban J connectivity index is 1.51. The molecule has 30 heavy (non-hydrogen) atoms. The van der Waals surface area contributed by atoms with Gasteiger partial charge in [0.25, 0.3) is 0 Å². The average molecular weight is 427 g/mol. The number of hydrogen-bond donors (Lipinski definition) is 2. The van der Waals surface area contributed by atoms with E-state index in [4.69, 9.17) is 26.6 Å². The molecule has 2 heterocycles. The molecule has 1 aliphatic carbocycles. The Labute approximate surface area is 181 Å². The molecule has 3 aromatic rings. The van der Waals surface area contributed by atoms with Crippen LogP contribution in [0.2, 0.25) is 5.02 Å². The summed E-state index contributed by atoms with van der Waals surface area (Å²) in [6, 6.07) is 9.64. The van der Waals surface area contributed by atoms with E-state index in [1.165, 1.54) is 0 Å². The van der Waals surface area contributed by atoms with E-state index in [9.17, 15) is 0 Å². The number of ether oxygens (including phenoxy) is 2. The van der Waals surface area contributed by atoms with E-state index in [0.29, 0.717) is 17.5 Å². The maximum absolute atomic E-state index is 7.98. The van der Waals surface area contributed by atoms with Crippen LogP contribution >= 0.6 is 11.6 Å². The van der Waals surface area contributed by atoms with Gasteiger partial charge < -0.3 is 14.5 Å². The Hall–Kier alpha value is -2.44. The minimum absolute atomic E-state index is 0.147. The molecular weight excluding hydrogens is 400 g/mol. The minimum atomic E-state index is -0.293. The highest BCUT2D eigenvalue weighted by Gasteiger charge is 2.40. The molecule has 0 aliphatic heterocycles. The zero-order valence-corrected chi connectivity index (χ0v) is 18.0. The average Bonchev–Trinajstić information content (AvgIpc) is 3.41. The van der Waals surface area contributed by atoms with Crippen LogP contribution < -0.4 is 4.74 Å². The predicted octanol–water partition coefficient (Wildman–Crippen LogP) is 6.32. The fourth-order valence-electron chi connectivity index (χ4n) is 4.71. The van der Waals surface area contributed by atoms with E-state index >= 15 is 0 Å². The van der Waals surface area contributed by atoms with Crippen molar-refractivity contribution in [3.8, 4) is 5.75 Å². The van der Waals surface area contributed by atoms with Gasteiger partial charge >= 0.3 is 0 Å². The molecule has 0 bridgehead atoms. The van der Waals surface area contributed by atoms with Crippen molar-refractivity contribution in [3.05, 3.63) is 58.9 Å². The lowest BCUT2D eigenvalue weighted by atomic mass is 9.83. The first kappa shape index (κ1) is 20.8. The van der Waals surface area contributed by atoms with Crippen LogP contribution in [0.15, 0.2) is 47.8 Å². The largest absolute Gasteiger partial charge is 0.497 e. The van der Waals surface area contributed by atoms with Crippen LogP contribution in [0.5, 0.6) is 5.75 Å². The third kappa shape index (κ3) is 4.07. The molecule has 1 aromatic carbocycles. The van der Waals surface area contributed by atoms with Gasteiger partial charge in [-0.3, -0.25) is 0 Å². The number of methoxy groups -OCH3 is 1. The van der Waals surface area contributed by atoms with Crippen molar-refractivity contribution in [2.75, 3.05) is 7.11 Å². The molecule has 2 N–H and O–H groups in total. The smallest absolute Gasteiger partial charge is 0.137 e. The Bertz CT molecular complexity index is 1000. The highest BCUT2D eigenvalue weighted by atomic mass is 35.5. The lowest BCUT2D eigenvalue weighted by molar-refractivity contribution is 0.0407. The molecule has 4 atom stereocenters. The number of nitrogens with zero attached hydrogens (tertiary/aromatic N) is 2. The number of H-pyrrole nitrogens is 1. The van der Waals surface area contributed by atoms with Crippen LogP contribution in [0.1, 0.15) is 43.4 Å². The van der Waals surface area contributed by atoms with Crippen molar-refractivity contribution >= 4 is 22.6 Å². The quantitative estimate of drug-likeness (QED) is 0.413. The fraction of sp³-hybridized carbons (Fsp3) is 0.435. The molecule has 0 saturated heterocycles. The van der Waals surface area contributed by atoms with Crippen molar-refractivity contribution < 1.29 is 9.47 Å². The van der Waals surface area contributed by atoms with E-state index < -0.39 is 0 Å². The van der Waals surface area contributed by atoms with Gasteiger partial charge in [0, 0.05) is 23.3 Å². The number of halogens is 1. The van der Waals surface area contributed by atoms with Crippen LogP contribution in [0, 0.1) is 17.4 Å². The lowest BCUT2D eigenvalue weighted by Gasteiger charge is -2.25. The van der Waals surface area contributed by atoms with E-state index in [0.717, 1.165) is 47.2 Å². The standard InChI is InChI=1S/C23H27ClN4O2/c1-3-15-10-17(30-13-14-4-6-16(29-2)7-5-14)11-19(15)22(28-25)21-18-8-9-26-23(18)27-12-20(21)24/h4-9,12,15,17,19,22,25H,3,10-11,13H2,1-2H3,(H,26,27). The highest BCUT2D eigenvalue weighted by molar-refractivity contribution is 6.32. The topological polar surface area (TPSA) is 83.3 Å². The summed E-state index contributed by atoms with van der Waals surface area (Å²) >= 11 is 6.54. The first-order valence-electron chi connectivity index (χ1n) is 10.4. The third-order valence-electron chi connectivity index (χ3n) is 6.30. The molecule has 1 fully saturated rings. The maximum Gasteiger partial charge on any atom is 0.137 e. The van der Waals surface area contributed by atoms with Crippen LogP contribution in [0.4, 0.5) is 0 Å². The number of hydrogen-bond acceptors (Lipinski definition) is 5. The number of benzene rings is 1. The summed E-state index contributed by atoms with van der Waals surface area (Å²) in [4.78, 5) is 7.48. The second-order valence-electron chi connectivity index (χ2n) is 7.92. The third-order valence-corrected chi connectivity index (χ3v) is 6.60. The molecule has 4 unspecified atom stereocenters. The number of aromatic nitrogens is 2. The van der Waals surface area contributed by atoms with Gasteiger partial charge in [-0.1, -0.05) is 37.1 Å². The summed E-state index contributed by atoms with van der Waals surface area (Å²) < 4.78 is 11.5. The van der Waals surface area contributed by atoms with Crippen molar-refractivity contribution in [3.63, 3.8) is 0 Å². The lowest BCUT2D eigenvalue weighted by Crippen LogP contribution is -2.16. The molecule has 158 valence electrons.